The summed E-state index contributed by atoms with van der Waals surface area (Å²) in [6.07, 6.45) is 10.9. The minimum atomic E-state index is -3.23. The smallest absolute Gasteiger partial charge is 0.305 e. The highest BCUT2D eigenvalue weighted by atomic mass is 19.3. The molecule has 0 unspecified atom stereocenters. The maximum Gasteiger partial charge on any atom is 0.305 e. The number of ether oxygens (including phenoxy) is 3. The van der Waals surface area contributed by atoms with Gasteiger partial charge in [0.25, 0.3) is 5.92 Å². The molecule has 56 heavy (non-hydrogen) atoms. The molecule has 9 nitrogen and oxygen atoms in total. The third-order valence-electron chi connectivity index (χ3n) is 10.6. The fourth-order valence-electron chi connectivity index (χ4n) is 7.54. The normalized spacial score (nSPS) is 21.6. The van der Waals surface area contributed by atoms with Crippen LogP contribution in [0.2, 0.25) is 0 Å². The maximum atomic E-state index is 14.5. The Balaban J connectivity index is 0.858. The average molecular weight is 770 g/mol. The molecule has 6 rings (SSSR count). The zero-order valence-corrected chi connectivity index (χ0v) is 31.9. The summed E-state index contributed by atoms with van der Waals surface area (Å²) in [6.45, 7) is 4.35. The van der Waals surface area contributed by atoms with Crippen molar-refractivity contribution >= 4 is 22.4 Å². The quantitative estimate of drug-likeness (QED) is 0.0498. The third kappa shape index (κ3) is 11.8. The van der Waals surface area contributed by atoms with Crippen molar-refractivity contribution < 1.29 is 38.0 Å². The van der Waals surface area contributed by atoms with Crippen LogP contribution in [0.15, 0.2) is 109 Å². The molecular weight excluding hydrogens is 717 g/mol. The second-order valence-corrected chi connectivity index (χ2v) is 14.9. The van der Waals surface area contributed by atoms with Crippen molar-refractivity contribution in [1.82, 2.24) is 9.88 Å². The highest BCUT2D eigenvalue weighted by Crippen LogP contribution is 2.37. The fraction of sp³-hybridized carbons (Fsp3) is 0.422. The topological polar surface area (TPSA) is 113 Å². The Morgan fingerprint density at radius 1 is 1.02 bits per heavy atom. The first-order valence-corrected chi connectivity index (χ1v) is 19.6. The summed E-state index contributed by atoms with van der Waals surface area (Å²) in [5, 5.41) is 27.0. The summed E-state index contributed by atoms with van der Waals surface area (Å²) < 4.78 is 45.6. The number of allylic oxidation sites excluding steroid dienone is 2. The van der Waals surface area contributed by atoms with Crippen molar-refractivity contribution in [1.29, 1.82) is 0 Å². The van der Waals surface area contributed by atoms with Crippen LogP contribution >= 0.6 is 0 Å². The lowest BCUT2D eigenvalue weighted by Crippen LogP contribution is -2.26. The number of halogens is 2. The number of hydrogen-bond donors (Lipinski definition) is 3. The van der Waals surface area contributed by atoms with Crippen LogP contribution in [0.1, 0.15) is 49.7 Å². The molecule has 0 radical (unpaired) electrons. The zero-order chi connectivity index (χ0) is 39.3. The van der Waals surface area contributed by atoms with Gasteiger partial charge in [-0.3, -0.25) is 14.7 Å². The number of aromatic nitrogens is 1. The predicted molar refractivity (Wildman–Crippen MR) is 214 cm³/mol. The molecule has 1 saturated heterocycles. The van der Waals surface area contributed by atoms with Gasteiger partial charge in [-0.05, 0) is 86.1 Å². The second-order valence-electron chi connectivity index (χ2n) is 14.9. The molecule has 0 amide bonds. The third-order valence-corrected chi connectivity index (χ3v) is 10.6. The van der Waals surface area contributed by atoms with E-state index in [0.717, 1.165) is 54.5 Å². The van der Waals surface area contributed by atoms with Gasteiger partial charge in [0.2, 0.25) is 0 Å². The number of aliphatic hydroxyl groups excluding tert-OH is 2. The van der Waals surface area contributed by atoms with E-state index in [1.807, 2.05) is 31.5 Å². The molecule has 2 heterocycles. The molecule has 11 heteroatoms. The van der Waals surface area contributed by atoms with E-state index in [9.17, 15) is 23.8 Å². The van der Waals surface area contributed by atoms with Crippen molar-refractivity contribution in [2.24, 2.45) is 11.8 Å². The molecule has 1 aromatic heterocycles. The van der Waals surface area contributed by atoms with Crippen LogP contribution in [0.5, 0.6) is 11.5 Å². The van der Waals surface area contributed by atoms with Crippen LogP contribution in [0.25, 0.3) is 10.8 Å². The first kappa shape index (κ1) is 40.8. The fourth-order valence-corrected chi connectivity index (χ4v) is 7.54. The van der Waals surface area contributed by atoms with Crippen molar-refractivity contribution in [3.63, 3.8) is 0 Å². The van der Waals surface area contributed by atoms with Crippen LogP contribution in [-0.4, -0.2) is 83.1 Å². The lowest BCUT2D eigenvalue weighted by atomic mass is 9.89. The molecule has 0 bridgehead atoms. The number of nitrogens with zero attached hydrogens (tertiary/aromatic N) is 2. The largest absolute Gasteiger partial charge is 0.490 e. The van der Waals surface area contributed by atoms with Gasteiger partial charge < -0.3 is 29.7 Å². The summed E-state index contributed by atoms with van der Waals surface area (Å²) >= 11 is 0. The lowest BCUT2D eigenvalue weighted by Gasteiger charge is -2.20. The number of para-hydroxylation sites is 1. The molecule has 3 N–H and O–H groups in total. The number of carbonyl (C=O) groups is 1. The number of fused-ring (bicyclic) bond motifs is 1. The van der Waals surface area contributed by atoms with Crippen molar-refractivity contribution in [3.05, 3.63) is 121 Å². The standard InChI is InChI=1S/C45H53F2N3O6/c1-32-16-17-33(29-50-23-20-35(30-50)49-40-14-9-10-34-28-48-22-19-37(34)40)26-43(32)54-24-25-55-44(53)15-8-3-2-7-13-38-39(42(52)27-41(38)51)18-21-45(46,47)31-56-36-11-5-4-6-12-36/h2,4-7,9-12,14,16-19,21-22,26,28,35,38-39,41-42,49,51-52H,3,8,13,15,20,23-25,27,29-31H2,1H3/b7-2+,21-18+/t35-,38-,39-,41+,42-/m1/s1. The zero-order valence-electron chi connectivity index (χ0n) is 31.9. The number of unbranched alkanes of at least 4 members (excludes halogenated alkanes) is 1. The molecule has 1 aliphatic heterocycles. The molecular formula is C45H53F2N3O6. The van der Waals surface area contributed by atoms with Gasteiger partial charge in [-0.2, -0.15) is 8.78 Å². The van der Waals surface area contributed by atoms with E-state index in [-0.39, 0.29) is 32.0 Å². The second kappa shape index (κ2) is 19.8. The number of rotatable bonds is 19. The van der Waals surface area contributed by atoms with E-state index >= 15 is 0 Å². The highest BCUT2D eigenvalue weighted by Gasteiger charge is 2.40. The van der Waals surface area contributed by atoms with Crippen LogP contribution in [-0.2, 0) is 16.1 Å². The Bertz CT molecular complexity index is 1920. The molecule has 1 aliphatic carbocycles. The average Bonchev–Trinajstić information content (AvgIpc) is 3.75. The van der Waals surface area contributed by atoms with Crippen molar-refractivity contribution in [2.75, 3.05) is 38.2 Å². The molecule has 0 spiro atoms. The van der Waals surface area contributed by atoms with Crippen LogP contribution < -0.4 is 14.8 Å². The van der Waals surface area contributed by atoms with Crippen LogP contribution in [0.4, 0.5) is 14.5 Å². The predicted octanol–water partition coefficient (Wildman–Crippen LogP) is 7.90. The summed E-state index contributed by atoms with van der Waals surface area (Å²) in [6, 6.07) is 23.4. The van der Waals surface area contributed by atoms with Gasteiger partial charge in [0.05, 0.1) is 12.2 Å². The van der Waals surface area contributed by atoms with Gasteiger partial charge >= 0.3 is 5.97 Å². The monoisotopic (exact) mass is 769 g/mol. The number of hydrogen-bond acceptors (Lipinski definition) is 9. The minimum absolute atomic E-state index is 0.128. The van der Waals surface area contributed by atoms with Crippen LogP contribution in [0.3, 0.4) is 0 Å². The van der Waals surface area contributed by atoms with E-state index in [4.69, 9.17) is 14.2 Å². The Kier molecular flexibility index (Phi) is 14.5. The number of carbonyl (C=O) groups excluding carboxylic acids is 1. The molecule has 298 valence electrons. The molecule has 2 fully saturated rings. The number of aryl methyl sites for hydroxylation is 1. The van der Waals surface area contributed by atoms with Gasteiger partial charge in [-0.25, -0.2) is 0 Å². The highest BCUT2D eigenvalue weighted by molar-refractivity contribution is 5.93. The molecule has 5 atom stereocenters. The Labute approximate surface area is 328 Å². The molecule has 4 aromatic rings. The molecule has 3 aromatic carbocycles. The number of esters is 1. The van der Waals surface area contributed by atoms with Crippen molar-refractivity contribution in [3.8, 4) is 11.5 Å². The molecule has 2 aliphatic rings. The van der Waals surface area contributed by atoms with Gasteiger partial charge in [0.15, 0.2) is 6.61 Å². The number of benzene rings is 3. The van der Waals surface area contributed by atoms with Crippen LogP contribution in [0, 0.1) is 18.8 Å². The summed E-state index contributed by atoms with van der Waals surface area (Å²) in [5.74, 6) is -3.41. The van der Waals surface area contributed by atoms with E-state index in [1.165, 1.54) is 17.0 Å². The summed E-state index contributed by atoms with van der Waals surface area (Å²) in [7, 11) is 0. The van der Waals surface area contributed by atoms with Gasteiger partial charge in [-0.15, -0.1) is 0 Å². The summed E-state index contributed by atoms with van der Waals surface area (Å²) in [4.78, 5) is 19.1. The first-order chi connectivity index (χ1) is 27.1. The van der Waals surface area contributed by atoms with Crippen molar-refractivity contribution in [2.45, 2.75) is 76.2 Å². The number of aliphatic hydroxyl groups is 2. The Morgan fingerprint density at radius 2 is 1.88 bits per heavy atom. The number of nitrogens with one attached hydrogen (secondary N) is 1. The lowest BCUT2D eigenvalue weighted by molar-refractivity contribution is -0.144. The maximum absolute atomic E-state index is 14.5. The number of pyridine rings is 1. The number of alkyl halides is 2. The van der Waals surface area contributed by atoms with E-state index in [2.05, 4.69) is 57.7 Å². The van der Waals surface area contributed by atoms with E-state index < -0.39 is 36.6 Å². The van der Waals surface area contributed by atoms with Gasteiger partial charge in [-0.1, -0.05) is 60.7 Å². The number of likely N-dealkylation sites (tertiary alicyclic amines) is 1. The van der Waals surface area contributed by atoms with E-state index in [0.29, 0.717) is 31.1 Å². The minimum Gasteiger partial charge on any atom is -0.490 e. The number of anilines is 1. The van der Waals surface area contributed by atoms with E-state index in [1.54, 1.807) is 30.3 Å². The van der Waals surface area contributed by atoms with Gasteiger partial charge in [0.1, 0.15) is 24.7 Å². The molecule has 1 saturated carbocycles. The Hall–Kier alpha value is -4.84. The SMILES string of the molecule is Cc1ccc(CN2CC[C@@H](Nc3cccc4cnccc34)C2)cc1OCCOC(=O)CCC/C=C/C[C@@H]1[C@@H](/C=C/C(F)(F)COc2ccccc2)[C@H](O)C[C@@H]1O. The summed E-state index contributed by atoms with van der Waals surface area (Å²) in [5.41, 5.74) is 3.33. The Morgan fingerprint density at radius 3 is 2.73 bits per heavy atom. The van der Waals surface area contributed by atoms with Gasteiger partial charge in [0, 0.05) is 73.3 Å². The first-order valence-electron chi connectivity index (χ1n) is 19.6.